The van der Waals surface area contributed by atoms with Gasteiger partial charge in [-0.15, -0.1) is 0 Å². The second-order valence-electron chi connectivity index (χ2n) is 7.66. The molecule has 0 aromatic rings. The van der Waals surface area contributed by atoms with Crippen LogP contribution < -0.4 is 10.6 Å². The molecule has 0 aromatic heterocycles. The summed E-state index contributed by atoms with van der Waals surface area (Å²) in [4.78, 5) is 7.00. The predicted molar refractivity (Wildman–Crippen MR) is 99.0 cm³/mol. The third-order valence-electron chi connectivity index (χ3n) is 4.59. The molecular weight excluding hydrogens is 292 g/mol. The van der Waals surface area contributed by atoms with Gasteiger partial charge < -0.3 is 15.5 Å². The normalized spacial score (nSPS) is 22.9. The van der Waals surface area contributed by atoms with Gasteiger partial charge in [-0.3, -0.25) is 4.99 Å². The molecule has 2 fully saturated rings. The van der Waals surface area contributed by atoms with Gasteiger partial charge in [-0.2, -0.15) is 11.8 Å². The Bertz CT molecular complexity index is 364. The highest BCUT2D eigenvalue weighted by Crippen LogP contribution is 2.42. The van der Waals surface area contributed by atoms with Crippen LogP contribution in [-0.4, -0.2) is 60.1 Å². The van der Waals surface area contributed by atoms with Crippen LogP contribution in [0.5, 0.6) is 0 Å². The highest BCUT2D eigenvalue weighted by molar-refractivity contribution is 8.00. The Morgan fingerprint density at radius 3 is 2.55 bits per heavy atom. The fraction of sp³-hybridized carbons (Fsp3) is 0.941. The third kappa shape index (κ3) is 5.34. The Balaban J connectivity index is 1.82. The third-order valence-corrected chi connectivity index (χ3v) is 6.12. The van der Waals surface area contributed by atoms with Crippen LogP contribution in [0.1, 0.15) is 52.9 Å². The highest BCUT2D eigenvalue weighted by atomic mass is 32.2. The zero-order valence-electron chi connectivity index (χ0n) is 14.9. The van der Waals surface area contributed by atoms with E-state index >= 15 is 0 Å². The number of thioether (sulfide) groups is 1. The van der Waals surface area contributed by atoms with E-state index in [1.54, 1.807) is 0 Å². The van der Waals surface area contributed by atoms with Crippen molar-refractivity contribution in [3.05, 3.63) is 0 Å². The lowest BCUT2D eigenvalue weighted by molar-refractivity contribution is 0.293. The summed E-state index contributed by atoms with van der Waals surface area (Å²) in [5.41, 5.74) is 0.180. The van der Waals surface area contributed by atoms with Gasteiger partial charge in [0, 0.05) is 49.3 Å². The van der Waals surface area contributed by atoms with E-state index < -0.39 is 0 Å². The predicted octanol–water partition coefficient (Wildman–Crippen LogP) is 2.70. The van der Waals surface area contributed by atoms with Crippen molar-refractivity contribution in [2.75, 3.05) is 39.0 Å². The molecule has 0 bridgehead atoms. The van der Waals surface area contributed by atoms with Crippen LogP contribution in [0.4, 0.5) is 0 Å². The smallest absolute Gasteiger partial charge is 0.193 e. The van der Waals surface area contributed by atoms with Crippen LogP contribution in [0.3, 0.4) is 0 Å². The van der Waals surface area contributed by atoms with Gasteiger partial charge in [0.15, 0.2) is 5.96 Å². The van der Waals surface area contributed by atoms with Gasteiger partial charge in [-0.25, -0.2) is 0 Å². The summed E-state index contributed by atoms with van der Waals surface area (Å²) < 4.78 is 0.498. The quantitative estimate of drug-likeness (QED) is 0.475. The molecule has 1 spiro atoms. The monoisotopic (exact) mass is 326 g/mol. The number of hydrogen-bond acceptors (Lipinski definition) is 3. The number of guanidine groups is 1. The first-order valence-electron chi connectivity index (χ1n) is 8.79. The molecular formula is C17H34N4S. The second-order valence-corrected chi connectivity index (χ2v) is 9.23. The Hall–Kier alpha value is -0.420. The minimum absolute atomic E-state index is 0.180. The van der Waals surface area contributed by atoms with E-state index in [4.69, 9.17) is 0 Å². The standard InChI is InChI=1S/C17H34N4S/c1-16(2,3)20-11-10-19-15(18-4)21-12-13-22-17(14-21)8-6-5-7-9-17/h20H,5-14H2,1-4H3,(H,18,19). The Morgan fingerprint density at radius 1 is 1.18 bits per heavy atom. The molecule has 1 saturated carbocycles. The average Bonchev–Trinajstić information content (AvgIpc) is 2.47. The fourth-order valence-electron chi connectivity index (χ4n) is 3.47. The van der Waals surface area contributed by atoms with E-state index in [-0.39, 0.29) is 5.54 Å². The molecule has 128 valence electrons. The van der Waals surface area contributed by atoms with E-state index in [1.165, 1.54) is 44.4 Å². The molecule has 1 aliphatic heterocycles. The average molecular weight is 327 g/mol. The summed E-state index contributed by atoms with van der Waals surface area (Å²) in [7, 11) is 1.91. The minimum Gasteiger partial charge on any atom is -0.355 e. The molecule has 5 heteroatoms. The first-order valence-corrected chi connectivity index (χ1v) is 9.77. The summed E-state index contributed by atoms with van der Waals surface area (Å²) >= 11 is 2.21. The number of rotatable bonds is 3. The lowest BCUT2D eigenvalue weighted by Gasteiger charge is -2.45. The van der Waals surface area contributed by atoms with E-state index in [0.717, 1.165) is 25.6 Å². The molecule has 2 rings (SSSR count). The Morgan fingerprint density at radius 2 is 1.91 bits per heavy atom. The van der Waals surface area contributed by atoms with Crippen LogP contribution in [0, 0.1) is 0 Å². The van der Waals surface area contributed by atoms with Crippen LogP contribution in [0.2, 0.25) is 0 Å². The van der Waals surface area contributed by atoms with Crippen molar-refractivity contribution in [3.63, 3.8) is 0 Å². The van der Waals surface area contributed by atoms with Crippen LogP contribution in [0.15, 0.2) is 4.99 Å². The van der Waals surface area contributed by atoms with Gasteiger partial charge in [0.05, 0.1) is 0 Å². The fourth-order valence-corrected chi connectivity index (χ4v) is 5.04. The van der Waals surface area contributed by atoms with Crippen LogP contribution in [0.25, 0.3) is 0 Å². The molecule has 0 atom stereocenters. The summed E-state index contributed by atoms with van der Waals surface area (Å²) in [6.45, 7) is 10.8. The van der Waals surface area contributed by atoms with Gasteiger partial charge in [0.1, 0.15) is 0 Å². The molecule has 1 saturated heterocycles. The Labute approximate surface area is 140 Å². The molecule has 4 nitrogen and oxygen atoms in total. The second kappa shape index (κ2) is 7.91. The van der Waals surface area contributed by atoms with Crippen molar-refractivity contribution >= 4 is 17.7 Å². The lowest BCUT2D eigenvalue weighted by atomic mass is 9.87. The molecule has 1 aliphatic carbocycles. The Kier molecular flexibility index (Phi) is 6.45. The van der Waals surface area contributed by atoms with E-state index in [2.05, 4.69) is 53.1 Å². The first kappa shape index (κ1) is 17.9. The van der Waals surface area contributed by atoms with Crippen LogP contribution in [-0.2, 0) is 0 Å². The maximum atomic E-state index is 4.52. The highest BCUT2D eigenvalue weighted by Gasteiger charge is 2.38. The number of aliphatic imine (C=N–C) groups is 1. The van der Waals surface area contributed by atoms with Gasteiger partial charge >= 0.3 is 0 Å². The van der Waals surface area contributed by atoms with Crippen molar-refractivity contribution in [2.45, 2.75) is 63.2 Å². The molecule has 0 aromatic carbocycles. The molecule has 2 N–H and O–H groups in total. The lowest BCUT2D eigenvalue weighted by Crippen LogP contribution is -2.54. The van der Waals surface area contributed by atoms with Crippen molar-refractivity contribution in [1.29, 1.82) is 0 Å². The molecule has 1 heterocycles. The minimum atomic E-state index is 0.180. The molecule has 0 radical (unpaired) electrons. The van der Waals surface area contributed by atoms with Crippen molar-refractivity contribution in [3.8, 4) is 0 Å². The summed E-state index contributed by atoms with van der Waals surface area (Å²) in [6.07, 6.45) is 7.01. The van der Waals surface area contributed by atoms with Crippen LogP contribution >= 0.6 is 11.8 Å². The van der Waals surface area contributed by atoms with E-state index in [9.17, 15) is 0 Å². The van der Waals surface area contributed by atoms with Gasteiger partial charge in [0.25, 0.3) is 0 Å². The van der Waals surface area contributed by atoms with Crippen molar-refractivity contribution in [1.82, 2.24) is 15.5 Å². The topological polar surface area (TPSA) is 39.7 Å². The SMILES string of the molecule is CN=C(NCCNC(C)(C)C)N1CCSC2(CCCCC2)C1. The maximum absolute atomic E-state index is 4.52. The van der Waals surface area contributed by atoms with Gasteiger partial charge in [-0.1, -0.05) is 19.3 Å². The number of hydrogen-bond donors (Lipinski definition) is 2. The molecule has 22 heavy (non-hydrogen) atoms. The summed E-state index contributed by atoms with van der Waals surface area (Å²) in [5.74, 6) is 2.32. The van der Waals surface area contributed by atoms with Crippen molar-refractivity contribution < 1.29 is 0 Å². The maximum Gasteiger partial charge on any atom is 0.193 e. The largest absolute Gasteiger partial charge is 0.355 e. The first-order chi connectivity index (χ1) is 10.4. The molecule has 0 unspecified atom stereocenters. The summed E-state index contributed by atoms with van der Waals surface area (Å²) in [5, 5.41) is 7.06. The molecule has 0 amide bonds. The number of nitrogens with one attached hydrogen (secondary N) is 2. The zero-order valence-corrected chi connectivity index (χ0v) is 15.7. The van der Waals surface area contributed by atoms with Crippen molar-refractivity contribution in [2.24, 2.45) is 4.99 Å². The van der Waals surface area contributed by atoms with E-state index in [1.807, 2.05) is 7.05 Å². The van der Waals surface area contributed by atoms with E-state index in [0.29, 0.717) is 4.75 Å². The molecule has 2 aliphatic rings. The zero-order chi connectivity index (χ0) is 16.1. The number of nitrogens with zero attached hydrogens (tertiary/aromatic N) is 2. The summed E-state index contributed by atoms with van der Waals surface area (Å²) in [6, 6.07) is 0. The van der Waals surface area contributed by atoms with Gasteiger partial charge in [0.2, 0.25) is 0 Å². The van der Waals surface area contributed by atoms with Gasteiger partial charge in [-0.05, 0) is 33.6 Å².